The van der Waals surface area contributed by atoms with E-state index >= 15 is 4.79 Å². The van der Waals surface area contributed by atoms with Crippen LogP contribution in [0.3, 0.4) is 0 Å². The van der Waals surface area contributed by atoms with Crippen molar-refractivity contribution in [2.45, 2.75) is 31.1 Å². The Morgan fingerprint density at radius 3 is 2.37 bits per heavy atom. The number of halogens is 2. The number of allylic oxidation sites excluding steroid dienone is 2. The first-order chi connectivity index (χ1) is 25.9. The molecule has 2 aliphatic heterocycles. The fourth-order valence-electron chi connectivity index (χ4n) is 9.08. The number of amides is 4. The van der Waals surface area contributed by atoms with Gasteiger partial charge in [-0.3, -0.25) is 34.7 Å². The Hall–Kier alpha value is -5.72. The van der Waals surface area contributed by atoms with Gasteiger partial charge in [0.1, 0.15) is 11.5 Å². The normalized spacial score (nSPS) is 25.9. The van der Waals surface area contributed by atoms with Crippen molar-refractivity contribution in [3.05, 3.63) is 133 Å². The molecule has 0 aromatic heterocycles. The van der Waals surface area contributed by atoms with Gasteiger partial charge in [0.2, 0.25) is 11.8 Å². The largest absolute Gasteiger partial charge is 0.508 e. The van der Waals surface area contributed by atoms with Gasteiger partial charge in [0.05, 0.1) is 51.6 Å². The molecule has 6 atom stereocenters. The number of non-ortho nitro benzene ring substituents is 1. The van der Waals surface area contributed by atoms with Crippen molar-refractivity contribution in [1.82, 2.24) is 5.01 Å². The zero-order valence-corrected chi connectivity index (χ0v) is 30.4. The number of hydrogen-bond donors (Lipinski definition) is 2. The minimum Gasteiger partial charge on any atom is -0.508 e. The molecule has 1 saturated carbocycles. The van der Waals surface area contributed by atoms with Crippen molar-refractivity contribution in [2.24, 2.45) is 23.7 Å². The molecule has 4 amide bonds. The number of nitrogens with zero attached hydrogens (tertiary/aromatic N) is 3. The summed E-state index contributed by atoms with van der Waals surface area (Å²) in [7, 11) is 1.52. The number of benzene rings is 4. The Morgan fingerprint density at radius 1 is 0.926 bits per heavy atom. The molecule has 4 aliphatic rings. The second kappa shape index (κ2) is 13.0. The van der Waals surface area contributed by atoms with Gasteiger partial charge in [0.15, 0.2) is 0 Å². The zero-order valence-electron chi connectivity index (χ0n) is 28.9. The molecule has 274 valence electrons. The number of phenolic OH excluding ortho intramolecular Hbond substituents is 1. The summed E-state index contributed by atoms with van der Waals surface area (Å²) in [5.41, 5.74) is 3.88. The van der Waals surface area contributed by atoms with Crippen molar-refractivity contribution in [3.63, 3.8) is 0 Å². The minimum absolute atomic E-state index is 0.0332. The first-order valence-corrected chi connectivity index (χ1v) is 18.0. The molecule has 14 heteroatoms. The molecule has 0 unspecified atom stereocenters. The van der Waals surface area contributed by atoms with E-state index in [1.165, 1.54) is 43.5 Å². The molecule has 2 saturated heterocycles. The maximum Gasteiger partial charge on any atom is 0.271 e. The number of hydrogen-bond acceptors (Lipinski definition) is 9. The van der Waals surface area contributed by atoms with Crippen LogP contribution in [-0.2, 0) is 24.6 Å². The van der Waals surface area contributed by atoms with Gasteiger partial charge in [-0.1, -0.05) is 65.2 Å². The topological polar surface area (TPSA) is 159 Å². The standard InChI is InChI=1S/C40H32Cl2N4O8/c1-20-16-21(6-15-33(20)47)35-27-12-13-28-34(38(50)44(36(28)48)24-4-3-5-25(18-24)46(52)53)29(27)19-30-37(49)45(43-32-14-9-23(41)17-31(32)42)39(51)40(30,35)22-7-10-26(54-2)11-8-22/h3-12,14-18,28-30,34-35,43,47H,13,19H2,1-2H3/t28-,29+,30-,34-,35-,40+/m0/s1. The lowest BCUT2D eigenvalue weighted by Crippen LogP contribution is -2.53. The third-order valence-electron chi connectivity index (χ3n) is 11.4. The Kier molecular flexibility index (Phi) is 8.50. The predicted molar refractivity (Wildman–Crippen MR) is 199 cm³/mol. The van der Waals surface area contributed by atoms with Crippen LogP contribution in [0.25, 0.3) is 0 Å². The molecule has 4 aromatic rings. The van der Waals surface area contributed by atoms with Gasteiger partial charge in [0.25, 0.3) is 17.5 Å². The summed E-state index contributed by atoms with van der Waals surface area (Å²) in [5, 5.41) is 23.7. The highest BCUT2D eigenvalue weighted by Crippen LogP contribution is 2.64. The van der Waals surface area contributed by atoms with E-state index in [9.17, 15) is 29.6 Å². The molecule has 4 aromatic carbocycles. The first-order valence-electron chi connectivity index (χ1n) is 17.2. The van der Waals surface area contributed by atoms with Crippen molar-refractivity contribution in [3.8, 4) is 11.5 Å². The van der Waals surface area contributed by atoms with Crippen LogP contribution in [0.15, 0.2) is 96.6 Å². The SMILES string of the molecule is COc1ccc([C@@]23C(=O)N(Nc4ccc(Cl)cc4Cl)C(=O)[C@@H]2C[C@@H]2C(=CC[C@@H]4C(=O)N(c5cccc([N+](=O)[O-])c5)C(=O)[C@@H]42)[C@@H]3c2ccc(O)c(C)c2)cc1. The highest BCUT2D eigenvalue weighted by Gasteiger charge is 2.70. The lowest BCUT2D eigenvalue weighted by Gasteiger charge is -2.50. The first kappa shape index (κ1) is 35.3. The van der Waals surface area contributed by atoms with Crippen molar-refractivity contribution in [2.75, 3.05) is 17.4 Å². The summed E-state index contributed by atoms with van der Waals surface area (Å²) in [6.07, 6.45) is 2.10. The predicted octanol–water partition coefficient (Wildman–Crippen LogP) is 7.11. The van der Waals surface area contributed by atoms with Crippen molar-refractivity contribution < 1.29 is 33.9 Å². The molecule has 8 rings (SSSR count). The van der Waals surface area contributed by atoms with Gasteiger partial charge in [-0.15, -0.1) is 0 Å². The highest BCUT2D eigenvalue weighted by molar-refractivity contribution is 6.36. The molecule has 2 N–H and O–H groups in total. The number of hydrazine groups is 1. The van der Waals surface area contributed by atoms with E-state index in [-0.39, 0.29) is 40.7 Å². The number of ether oxygens (including phenoxy) is 1. The molecule has 12 nitrogen and oxygen atoms in total. The van der Waals surface area contributed by atoms with Gasteiger partial charge in [-0.25, -0.2) is 4.90 Å². The van der Waals surface area contributed by atoms with Crippen LogP contribution in [0.1, 0.15) is 35.4 Å². The maximum atomic E-state index is 15.4. The molecule has 54 heavy (non-hydrogen) atoms. The number of carbonyl (C=O) groups is 4. The van der Waals surface area contributed by atoms with Crippen LogP contribution >= 0.6 is 23.2 Å². The van der Waals surface area contributed by atoms with Crippen LogP contribution in [0.4, 0.5) is 17.1 Å². The molecule has 3 fully saturated rings. The van der Waals surface area contributed by atoms with Crippen LogP contribution in [0.2, 0.25) is 10.0 Å². The molecule has 2 heterocycles. The van der Waals surface area contributed by atoms with Crippen molar-refractivity contribution in [1.29, 1.82) is 0 Å². The minimum atomic E-state index is -1.57. The molecular formula is C40H32Cl2N4O8. The maximum absolute atomic E-state index is 15.4. The Morgan fingerprint density at radius 2 is 1.69 bits per heavy atom. The number of phenols is 1. The van der Waals surface area contributed by atoms with E-state index in [1.807, 2.05) is 6.08 Å². The fraction of sp³-hybridized carbons (Fsp3) is 0.250. The number of anilines is 2. The van der Waals surface area contributed by atoms with E-state index in [4.69, 9.17) is 27.9 Å². The summed E-state index contributed by atoms with van der Waals surface area (Å²) in [5.74, 6) is -5.83. The number of rotatable bonds is 7. The lowest BCUT2D eigenvalue weighted by molar-refractivity contribution is -0.384. The zero-order chi connectivity index (χ0) is 38.2. The number of aromatic hydroxyl groups is 1. The second-order valence-electron chi connectivity index (χ2n) is 14.0. The third kappa shape index (κ3) is 5.18. The smallest absolute Gasteiger partial charge is 0.271 e. The lowest BCUT2D eigenvalue weighted by atomic mass is 9.49. The summed E-state index contributed by atoms with van der Waals surface area (Å²) in [6.45, 7) is 1.73. The molecule has 2 aliphatic carbocycles. The van der Waals surface area contributed by atoms with E-state index in [1.54, 1.807) is 55.5 Å². The van der Waals surface area contributed by atoms with Crippen molar-refractivity contribution >= 4 is 63.9 Å². The van der Waals surface area contributed by atoms with Gasteiger partial charge in [0, 0.05) is 23.1 Å². The molecule has 0 bridgehead atoms. The van der Waals surface area contributed by atoms with E-state index in [0.717, 1.165) is 9.91 Å². The number of aryl methyl sites for hydroxylation is 1. The second-order valence-corrected chi connectivity index (χ2v) is 14.9. The average Bonchev–Trinajstić information content (AvgIpc) is 3.54. The van der Waals surface area contributed by atoms with Crippen LogP contribution in [0, 0.1) is 40.7 Å². The molecular weight excluding hydrogens is 735 g/mol. The quantitative estimate of drug-likeness (QED) is 0.0865. The average molecular weight is 768 g/mol. The van der Waals surface area contributed by atoms with Gasteiger partial charge < -0.3 is 9.84 Å². The summed E-state index contributed by atoms with van der Waals surface area (Å²) >= 11 is 12.7. The number of fused-ring (bicyclic) bond motifs is 4. The van der Waals surface area contributed by atoms with Gasteiger partial charge >= 0.3 is 0 Å². The molecule has 0 radical (unpaired) electrons. The Bertz CT molecular complexity index is 2330. The number of nitro benzene ring substituents is 1. The van der Waals surface area contributed by atoms with E-state index in [0.29, 0.717) is 33.0 Å². The van der Waals surface area contributed by atoms with Gasteiger partial charge in [-0.2, -0.15) is 5.01 Å². The number of nitrogens with one attached hydrogen (secondary N) is 1. The number of nitro groups is 1. The van der Waals surface area contributed by atoms with Crippen LogP contribution < -0.4 is 15.1 Å². The van der Waals surface area contributed by atoms with Gasteiger partial charge in [-0.05, 0) is 84.8 Å². The highest BCUT2D eigenvalue weighted by atomic mass is 35.5. The molecule has 0 spiro atoms. The summed E-state index contributed by atoms with van der Waals surface area (Å²) in [4.78, 5) is 70.9. The Balaban J connectivity index is 1.32. The van der Waals surface area contributed by atoms with Crippen LogP contribution in [0.5, 0.6) is 11.5 Å². The number of methoxy groups -OCH3 is 1. The number of imide groups is 2. The third-order valence-corrected chi connectivity index (χ3v) is 12.0. The van der Waals surface area contributed by atoms with Crippen LogP contribution in [-0.4, -0.2) is 45.8 Å². The van der Waals surface area contributed by atoms with E-state index in [2.05, 4.69) is 5.43 Å². The Labute approximate surface area is 319 Å². The fourth-order valence-corrected chi connectivity index (χ4v) is 9.53. The summed E-state index contributed by atoms with van der Waals surface area (Å²) < 4.78 is 5.45. The number of carbonyl (C=O) groups excluding carboxylic acids is 4. The van der Waals surface area contributed by atoms with E-state index < -0.39 is 63.6 Å². The summed E-state index contributed by atoms with van der Waals surface area (Å²) in [6, 6.07) is 22.0. The monoisotopic (exact) mass is 766 g/mol.